The fourth-order valence-corrected chi connectivity index (χ4v) is 5.22. The molecular weight excluding hydrogens is 612 g/mol. The second-order valence-electron chi connectivity index (χ2n) is 8.70. The van der Waals surface area contributed by atoms with Crippen LogP contribution >= 0.6 is 0 Å². The number of carboxylic acids is 1. The van der Waals surface area contributed by atoms with Gasteiger partial charge in [-0.15, -0.1) is 20.5 Å². The molecule has 4 rings (SSSR count). The van der Waals surface area contributed by atoms with Crippen LogP contribution in [0.4, 0.5) is 34.1 Å². The predicted octanol–water partition coefficient (Wildman–Crippen LogP) is 5.37. The summed E-state index contributed by atoms with van der Waals surface area (Å²) in [5, 5.41) is 45.3. The normalized spacial score (nSPS) is 12.3. The Morgan fingerprint density at radius 1 is 0.860 bits per heavy atom. The highest BCUT2D eigenvalue weighted by atomic mass is 32.2. The highest BCUT2D eigenvalue weighted by Crippen LogP contribution is 2.48. The Bertz CT molecular complexity index is 2130. The molecule has 0 aromatic heterocycles. The maximum atomic E-state index is 12.3. The molecule has 0 fully saturated rings. The molecule has 0 aliphatic carbocycles. The van der Waals surface area contributed by atoms with E-state index in [0.29, 0.717) is 17.7 Å². The number of benzene rings is 4. The summed E-state index contributed by atoms with van der Waals surface area (Å²) in [6.07, 6.45) is 0. The van der Waals surface area contributed by atoms with Crippen molar-refractivity contribution in [2.24, 2.45) is 20.5 Å². The van der Waals surface area contributed by atoms with Crippen molar-refractivity contribution in [3.8, 4) is 5.75 Å². The van der Waals surface area contributed by atoms with Gasteiger partial charge in [-0.2, -0.15) is 16.8 Å². The van der Waals surface area contributed by atoms with Gasteiger partial charge in [-0.25, -0.2) is 4.79 Å². The third-order valence-corrected chi connectivity index (χ3v) is 7.70. The summed E-state index contributed by atoms with van der Waals surface area (Å²) < 4.78 is 68.8. The first-order chi connectivity index (χ1) is 20.0. The van der Waals surface area contributed by atoms with Gasteiger partial charge in [-0.1, -0.05) is 18.2 Å². The molecule has 222 valence electrons. The highest BCUT2D eigenvalue weighted by molar-refractivity contribution is 7.86. The van der Waals surface area contributed by atoms with Crippen LogP contribution in [-0.2, 0) is 20.2 Å². The SMILES string of the molecule is Cc1ccc([N+](=O)[O-])cc1N=Nc1cc(S(=O)(=O)O)c2cc(S(=O)(=O)O)c(N=Nc3ccccc3C(=O)O)c(O)c2c1N. The number of nitrogens with zero attached hydrogens (tertiary/aromatic N) is 5. The van der Waals surface area contributed by atoms with E-state index < -0.39 is 74.5 Å². The van der Waals surface area contributed by atoms with Crippen molar-refractivity contribution in [3.05, 3.63) is 75.8 Å². The Balaban J connectivity index is 2.05. The Morgan fingerprint density at radius 2 is 1.47 bits per heavy atom. The fourth-order valence-electron chi connectivity index (χ4n) is 3.87. The number of carbonyl (C=O) groups is 1. The van der Waals surface area contributed by atoms with Crippen LogP contribution in [0.15, 0.2) is 84.8 Å². The van der Waals surface area contributed by atoms with Crippen LogP contribution in [0.25, 0.3) is 10.8 Å². The Hall–Kier alpha value is -5.37. The molecule has 0 saturated carbocycles. The van der Waals surface area contributed by atoms with Crippen molar-refractivity contribution < 1.29 is 45.9 Å². The van der Waals surface area contributed by atoms with Crippen molar-refractivity contribution in [2.75, 3.05) is 5.73 Å². The van der Waals surface area contributed by atoms with E-state index in [1.807, 2.05) is 0 Å². The molecule has 0 radical (unpaired) electrons. The largest absolute Gasteiger partial charge is 0.505 e. The number of nitro groups is 1. The average Bonchev–Trinajstić information content (AvgIpc) is 2.91. The van der Waals surface area contributed by atoms with Crippen LogP contribution in [0.1, 0.15) is 15.9 Å². The molecule has 0 unspecified atom stereocenters. The third-order valence-electron chi connectivity index (χ3n) is 5.93. The lowest BCUT2D eigenvalue weighted by Crippen LogP contribution is -2.04. The number of nitrogens with two attached hydrogens (primary N) is 1. The number of carboxylic acid groups (broad SMARTS) is 1. The topological polar surface area (TPSA) is 285 Å². The van der Waals surface area contributed by atoms with E-state index in [2.05, 4.69) is 20.5 Å². The molecule has 0 heterocycles. The van der Waals surface area contributed by atoms with E-state index in [9.17, 15) is 51.1 Å². The number of aromatic carboxylic acids is 1. The van der Waals surface area contributed by atoms with Gasteiger partial charge in [0, 0.05) is 17.5 Å². The van der Waals surface area contributed by atoms with Crippen molar-refractivity contribution in [3.63, 3.8) is 0 Å². The predicted molar refractivity (Wildman–Crippen MR) is 149 cm³/mol. The molecule has 0 spiro atoms. The van der Waals surface area contributed by atoms with Crippen LogP contribution < -0.4 is 5.73 Å². The smallest absolute Gasteiger partial charge is 0.337 e. The number of hydrogen-bond donors (Lipinski definition) is 5. The number of fused-ring (bicyclic) bond motifs is 1. The molecule has 0 aliphatic rings. The lowest BCUT2D eigenvalue weighted by atomic mass is 10.0. The summed E-state index contributed by atoms with van der Waals surface area (Å²) in [5.41, 5.74) is 3.62. The number of nitro benzene ring substituents is 1. The minimum absolute atomic E-state index is 0.0142. The minimum Gasteiger partial charge on any atom is -0.505 e. The molecule has 43 heavy (non-hydrogen) atoms. The lowest BCUT2D eigenvalue weighted by molar-refractivity contribution is -0.384. The molecular formula is C24H18N6O11S2. The molecule has 17 nitrogen and oxygen atoms in total. The van der Waals surface area contributed by atoms with Crippen molar-refractivity contribution in [1.82, 2.24) is 0 Å². The van der Waals surface area contributed by atoms with Gasteiger partial charge in [0.2, 0.25) is 0 Å². The zero-order valence-corrected chi connectivity index (χ0v) is 23.1. The summed E-state index contributed by atoms with van der Waals surface area (Å²) in [7, 11) is -10.5. The molecule has 0 saturated heterocycles. The van der Waals surface area contributed by atoms with Crippen LogP contribution in [0.3, 0.4) is 0 Å². The number of hydrogen-bond acceptors (Lipinski definition) is 13. The summed E-state index contributed by atoms with van der Waals surface area (Å²) in [4.78, 5) is 19.8. The summed E-state index contributed by atoms with van der Waals surface area (Å²) in [5.74, 6) is -2.56. The van der Waals surface area contributed by atoms with Crippen LogP contribution in [0, 0.1) is 17.0 Å². The van der Waals surface area contributed by atoms with E-state index in [1.165, 1.54) is 30.3 Å². The summed E-state index contributed by atoms with van der Waals surface area (Å²) in [6, 6.07) is 10.0. The highest BCUT2D eigenvalue weighted by Gasteiger charge is 2.28. The van der Waals surface area contributed by atoms with Gasteiger partial charge in [-0.05, 0) is 36.8 Å². The van der Waals surface area contributed by atoms with Gasteiger partial charge in [0.05, 0.1) is 27.2 Å². The first-order valence-electron chi connectivity index (χ1n) is 11.5. The zero-order chi connectivity index (χ0) is 31.9. The number of phenolic OH excluding ortho intramolecular Hbond substituents is 1. The van der Waals surface area contributed by atoms with Crippen molar-refractivity contribution in [2.45, 2.75) is 16.7 Å². The van der Waals surface area contributed by atoms with Crippen LogP contribution in [-0.4, -0.2) is 47.0 Å². The van der Waals surface area contributed by atoms with Gasteiger partial charge in [0.25, 0.3) is 25.9 Å². The Kier molecular flexibility index (Phi) is 7.92. The van der Waals surface area contributed by atoms with Crippen LogP contribution in [0.2, 0.25) is 0 Å². The van der Waals surface area contributed by atoms with Gasteiger partial charge >= 0.3 is 5.97 Å². The molecule has 4 aromatic rings. The van der Waals surface area contributed by atoms with Crippen LogP contribution in [0.5, 0.6) is 5.75 Å². The van der Waals surface area contributed by atoms with Gasteiger partial charge in [0.1, 0.15) is 26.9 Å². The minimum atomic E-state index is -5.27. The van der Waals surface area contributed by atoms with Crippen molar-refractivity contribution >= 4 is 71.1 Å². The maximum absolute atomic E-state index is 12.3. The number of nitrogen functional groups attached to an aromatic ring is 1. The molecule has 0 atom stereocenters. The Labute approximate surface area is 241 Å². The van der Waals surface area contributed by atoms with E-state index in [-0.39, 0.29) is 22.6 Å². The molecule has 0 bridgehead atoms. The van der Waals surface area contributed by atoms with Gasteiger partial charge in [0.15, 0.2) is 5.75 Å². The molecule has 0 aliphatic heterocycles. The number of rotatable bonds is 8. The van der Waals surface area contributed by atoms with E-state index in [0.717, 1.165) is 12.1 Å². The van der Waals surface area contributed by atoms with Gasteiger partial charge < -0.3 is 15.9 Å². The summed E-state index contributed by atoms with van der Waals surface area (Å²) in [6.45, 7) is 1.55. The second-order valence-corrected chi connectivity index (χ2v) is 11.5. The molecule has 6 N–H and O–H groups in total. The summed E-state index contributed by atoms with van der Waals surface area (Å²) >= 11 is 0. The first-order valence-corrected chi connectivity index (χ1v) is 14.4. The number of aryl methyl sites for hydroxylation is 1. The number of phenols is 1. The lowest BCUT2D eigenvalue weighted by Gasteiger charge is -2.14. The maximum Gasteiger partial charge on any atom is 0.337 e. The molecule has 19 heteroatoms. The number of anilines is 1. The number of azo groups is 2. The molecule has 0 amide bonds. The third kappa shape index (κ3) is 6.13. The second kappa shape index (κ2) is 11.1. The monoisotopic (exact) mass is 630 g/mol. The molecule has 4 aromatic carbocycles. The van der Waals surface area contributed by atoms with Crippen molar-refractivity contribution in [1.29, 1.82) is 0 Å². The quantitative estimate of drug-likeness (QED) is 0.0540. The number of aromatic hydroxyl groups is 1. The fraction of sp³-hybridized carbons (Fsp3) is 0.0417. The first kappa shape index (κ1) is 30.6. The average molecular weight is 631 g/mol. The van der Waals surface area contributed by atoms with E-state index in [1.54, 1.807) is 6.92 Å². The Morgan fingerprint density at radius 3 is 2.07 bits per heavy atom. The van der Waals surface area contributed by atoms with Gasteiger partial charge in [-0.3, -0.25) is 19.2 Å². The standard InChI is InChI=1S/C24H18N6O11S2/c1-11-6-7-12(30(34)35)8-16(11)27-28-17-10-18(42(36,37)38)14-9-19(43(39,40)41)22(23(31)20(14)21(17)25)29-26-15-5-3-2-4-13(15)24(32)33/h2-10,31H,25H2,1H3,(H,32,33)(H,36,37,38)(H,39,40,41). The zero-order valence-electron chi connectivity index (χ0n) is 21.5. The number of non-ortho nitro benzene ring substituents is 1. The van der Waals surface area contributed by atoms with E-state index >= 15 is 0 Å². The van der Waals surface area contributed by atoms with E-state index in [4.69, 9.17) is 5.73 Å².